The molecule has 0 radical (unpaired) electrons. The van der Waals surface area contributed by atoms with E-state index < -0.39 is 0 Å². The molecule has 4 nitrogen and oxygen atoms in total. The molecule has 4 N–H and O–H groups in total. The van der Waals surface area contributed by atoms with Crippen LogP contribution in [0, 0.1) is 0 Å². The number of aromatic hydroxyl groups is 1. The van der Waals surface area contributed by atoms with Crippen molar-refractivity contribution in [2.24, 2.45) is 5.73 Å². The van der Waals surface area contributed by atoms with E-state index in [0.717, 1.165) is 25.7 Å². The second-order valence-corrected chi connectivity index (χ2v) is 5.22. The van der Waals surface area contributed by atoms with Crippen LogP contribution in [-0.4, -0.2) is 23.1 Å². The monoisotopic (exact) mass is 268 g/mol. The van der Waals surface area contributed by atoms with Gasteiger partial charge in [-0.2, -0.15) is 0 Å². The van der Waals surface area contributed by atoms with E-state index in [1.54, 1.807) is 0 Å². The molecule has 0 unspecified atom stereocenters. The van der Waals surface area contributed by atoms with Gasteiger partial charge < -0.3 is 16.2 Å². The van der Waals surface area contributed by atoms with Crippen LogP contribution >= 0.6 is 11.6 Å². The van der Waals surface area contributed by atoms with E-state index in [1.807, 2.05) is 0 Å². The molecule has 18 heavy (non-hydrogen) atoms. The molecule has 1 aromatic carbocycles. The van der Waals surface area contributed by atoms with Crippen LogP contribution in [0.2, 0.25) is 5.02 Å². The first-order valence-corrected chi connectivity index (χ1v) is 6.45. The topological polar surface area (TPSA) is 75.3 Å². The Kier molecular flexibility index (Phi) is 3.78. The van der Waals surface area contributed by atoms with E-state index in [2.05, 4.69) is 5.32 Å². The van der Waals surface area contributed by atoms with Crippen molar-refractivity contribution in [1.82, 2.24) is 5.32 Å². The fourth-order valence-electron chi connectivity index (χ4n) is 2.43. The predicted octanol–water partition coefficient (Wildman–Crippen LogP) is 2.05. The largest absolute Gasteiger partial charge is 0.508 e. The molecule has 2 rings (SSSR count). The zero-order valence-electron chi connectivity index (χ0n) is 10.1. The van der Waals surface area contributed by atoms with Crippen LogP contribution in [0.5, 0.6) is 5.75 Å². The zero-order valence-corrected chi connectivity index (χ0v) is 10.8. The van der Waals surface area contributed by atoms with Gasteiger partial charge in [0.15, 0.2) is 0 Å². The molecule has 1 aliphatic carbocycles. The Morgan fingerprint density at radius 2 is 2.11 bits per heavy atom. The summed E-state index contributed by atoms with van der Waals surface area (Å²) in [6, 6.07) is 4.33. The van der Waals surface area contributed by atoms with Crippen molar-refractivity contribution in [3.05, 3.63) is 28.8 Å². The molecular weight excluding hydrogens is 252 g/mol. The summed E-state index contributed by atoms with van der Waals surface area (Å²) >= 11 is 5.96. The molecule has 5 heteroatoms. The van der Waals surface area contributed by atoms with Crippen LogP contribution in [0.3, 0.4) is 0 Å². The molecule has 1 amide bonds. The van der Waals surface area contributed by atoms with Crippen LogP contribution in [-0.2, 0) is 0 Å². The van der Waals surface area contributed by atoms with Crippen LogP contribution in [0.25, 0.3) is 0 Å². The fourth-order valence-corrected chi connectivity index (χ4v) is 2.63. The summed E-state index contributed by atoms with van der Waals surface area (Å²) in [6.45, 7) is 0.426. The van der Waals surface area contributed by atoms with Crippen molar-refractivity contribution in [2.45, 2.75) is 31.2 Å². The maximum Gasteiger partial charge on any atom is 0.253 e. The third-order valence-electron chi connectivity index (χ3n) is 3.52. The number of nitrogens with two attached hydrogens (primary N) is 1. The molecule has 1 fully saturated rings. The number of phenols is 1. The lowest BCUT2D eigenvalue weighted by atomic mass is 9.97. The van der Waals surface area contributed by atoms with Crippen molar-refractivity contribution in [1.29, 1.82) is 0 Å². The number of hydrogen-bond acceptors (Lipinski definition) is 3. The molecular formula is C13H17ClN2O2. The number of benzene rings is 1. The SMILES string of the molecule is NCC1(NC(=O)c2cc(O)ccc2Cl)CCCC1. The maximum atomic E-state index is 12.2. The van der Waals surface area contributed by atoms with E-state index >= 15 is 0 Å². The van der Waals surface area contributed by atoms with Crippen molar-refractivity contribution >= 4 is 17.5 Å². The smallest absolute Gasteiger partial charge is 0.253 e. The second kappa shape index (κ2) is 5.16. The predicted molar refractivity (Wildman–Crippen MR) is 70.8 cm³/mol. The summed E-state index contributed by atoms with van der Waals surface area (Å²) in [5.74, 6) is -0.249. The van der Waals surface area contributed by atoms with Gasteiger partial charge in [-0.3, -0.25) is 4.79 Å². The maximum absolute atomic E-state index is 12.2. The molecule has 0 bridgehead atoms. The third kappa shape index (κ3) is 2.60. The number of carbonyl (C=O) groups is 1. The molecule has 1 aromatic rings. The number of amides is 1. The Morgan fingerprint density at radius 3 is 2.72 bits per heavy atom. The van der Waals surface area contributed by atoms with Gasteiger partial charge in [-0.05, 0) is 31.0 Å². The van der Waals surface area contributed by atoms with Crippen molar-refractivity contribution in [2.75, 3.05) is 6.54 Å². The standard InChI is InChI=1S/C13H17ClN2O2/c14-11-4-3-9(17)7-10(11)12(18)16-13(8-15)5-1-2-6-13/h3-4,7,17H,1-2,5-6,8,15H2,(H,16,18). The number of carbonyl (C=O) groups excluding carboxylic acids is 1. The summed E-state index contributed by atoms with van der Waals surface area (Å²) in [4.78, 5) is 12.2. The lowest BCUT2D eigenvalue weighted by Crippen LogP contribution is -2.51. The zero-order chi connectivity index (χ0) is 13.2. The van der Waals surface area contributed by atoms with Crippen LogP contribution < -0.4 is 11.1 Å². The Morgan fingerprint density at radius 1 is 1.44 bits per heavy atom. The first-order valence-electron chi connectivity index (χ1n) is 6.07. The minimum atomic E-state index is -0.314. The lowest BCUT2D eigenvalue weighted by Gasteiger charge is -2.28. The highest BCUT2D eigenvalue weighted by Gasteiger charge is 2.34. The van der Waals surface area contributed by atoms with E-state index in [-0.39, 0.29) is 22.8 Å². The van der Waals surface area contributed by atoms with Crippen LogP contribution in [0.4, 0.5) is 0 Å². The average Bonchev–Trinajstić information content (AvgIpc) is 2.81. The Hall–Kier alpha value is -1.26. The highest BCUT2D eigenvalue weighted by atomic mass is 35.5. The Bertz CT molecular complexity index is 456. The highest BCUT2D eigenvalue weighted by Crippen LogP contribution is 2.30. The molecule has 0 atom stereocenters. The fraction of sp³-hybridized carbons (Fsp3) is 0.462. The number of rotatable bonds is 3. The first kappa shape index (κ1) is 13.2. The second-order valence-electron chi connectivity index (χ2n) is 4.81. The van der Waals surface area contributed by atoms with Gasteiger partial charge in [-0.15, -0.1) is 0 Å². The van der Waals surface area contributed by atoms with Crippen molar-refractivity contribution < 1.29 is 9.90 Å². The number of hydrogen-bond donors (Lipinski definition) is 3. The van der Waals surface area contributed by atoms with Crippen LogP contribution in [0.15, 0.2) is 18.2 Å². The molecule has 0 spiro atoms. The minimum absolute atomic E-state index is 0.0257. The van der Waals surface area contributed by atoms with Gasteiger partial charge in [0.05, 0.1) is 16.1 Å². The van der Waals surface area contributed by atoms with Gasteiger partial charge >= 0.3 is 0 Å². The van der Waals surface area contributed by atoms with Crippen molar-refractivity contribution in [3.8, 4) is 5.75 Å². The van der Waals surface area contributed by atoms with Crippen molar-refractivity contribution in [3.63, 3.8) is 0 Å². The summed E-state index contributed by atoms with van der Waals surface area (Å²) < 4.78 is 0. The summed E-state index contributed by atoms with van der Waals surface area (Å²) in [5, 5.41) is 12.7. The van der Waals surface area contributed by atoms with Gasteiger partial charge in [0.2, 0.25) is 0 Å². The van der Waals surface area contributed by atoms with Gasteiger partial charge in [-0.1, -0.05) is 24.4 Å². The molecule has 1 saturated carbocycles. The Labute approximate surface area is 111 Å². The van der Waals surface area contributed by atoms with Gasteiger partial charge in [0.25, 0.3) is 5.91 Å². The highest BCUT2D eigenvalue weighted by molar-refractivity contribution is 6.33. The number of phenolic OH excluding ortho intramolecular Hbond substituents is 1. The third-order valence-corrected chi connectivity index (χ3v) is 3.85. The molecule has 0 saturated heterocycles. The van der Waals surface area contributed by atoms with Gasteiger partial charge in [-0.25, -0.2) is 0 Å². The van der Waals surface area contributed by atoms with Crippen LogP contribution in [0.1, 0.15) is 36.0 Å². The lowest BCUT2D eigenvalue weighted by molar-refractivity contribution is 0.0903. The normalized spacial score (nSPS) is 17.7. The number of nitrogens with one attached hydrogen (secondary N) is 1. The molecule has 0 heterocycles. The molecule has 1 aliphatic rings. The van der Waals surface area contributed by atoms with Gasteiger partial charge in [0, 0.05) is 6.54 Å². The Balaban J connectivity index is 2.18. The summed E-state index contributed by atoms with van der Waals surface area (Å²) in [5.41, 5.74) is 5.74. The van der Waals surface area contributed by atoms with E-state index in [9.17, 15) is 9.90 Å². The minimum Gasteiger partial charge on any atom is -0.508 e. The van der Waals surface area contributed by atoms with E-state index in [1.165, 1.54) is 18.2 Å². The first-order chi connectivity index (χ1) is 8.56. The quantitative estimate of drug-likeness (QED) is 0.785. The summed E-state index contributed by atoms with van der Waals surface area (Å²) in [7, 11) is 0. The molecule has 0 aromatic heterocycles. The molecule has 0 aliphatic heterocycles. The van der Waals surface area contributed by atoms with E-state index in [4.69, 9.17) is 17.3 Å². The average molecular weight is 269 g/mol. The molecule has 98 valence electrons. The number of halogens is 1. The van der Waals surface area contributed by atoms with E-state index in [0.29, 0.717) is 11.6 Å². The van der Waals surface area contributed by atoms with Gasteiger partial charge in [0.1, 0.15) is 5.75 Å². The summed E-state index contributed by atoms with van der Waals surface area (Å²) in [6.07, 6.45) is 3.94.